The number of amides is 1. The SMILES string of the molecule is COCCC1(S(=O)(=O)NC(=O)OC(C)(C)C)CC1. The smallest absolute Gasteiger partial charge is 0.421 e. The fraction of sp³-hybridized carbons (Fsp3) is 0.909. The summed E-state index contributed by atoms with van der Waals surface area (Å²) in [6.07, 6.45) is 0.566. The topological polar surface area (TPSA) is 81.7 Å². The lowest BCUT2D eigenvalue weighted by Crippen LogP contribution is -2.42. The molecule has 0 aromatic rings. The minimum Gasteiger partial charge on any atom is -0.443 e. The van der Waals surface area contributed by atoms with Gasteiger partial charge in [0, 0.05) is 13.7 Å². The van der Waals surface area contributed by atoms with E-state index in [1.165, 1.54) is 7.11 Å². The zero-order valence-electron chi connectivity index (χ0n) is 11.3. The van der Waals surface area contributed by atoms with Gasteiger partial charge in [-0.2, -0.15) is 0 Å². The number of hydrogen-bond acceptors (Lipinski definition) is 5. The van der Waals surface area contributed by atoms with E-state index in [0.717, 1.165) is 0 Å². The molecule has 1 saturated carbocycles. The highest BCUT2D eigenvalue weighted by atomic mass is 32.2. The molecule has 106 valence electrons. The molecule has 1 N–H and O–H groups in total. The van der Waals surface area contributed by atoms with Crippen LogP contribution in [0.1, 0.15) is 40.0 Å². The van der Waals surface area contributed by atoms with E-state index in [1.54, 1.807) is 20.8 Å². The van der Waals surface area contributed by atoms with E-state index in [-0.39, 0.29) is 0 Å². The second-order valence-corrected chi connectivity index (χ2v) is 7.61. The van der Waals surface area contributed by atoms with Gasteiger partial charge >= 0.3 is 6.09 Å². The van der Waals surface area contributed by atoms with Gasteiger partial charge in [-0.1, -0.05) is 0 Å². The maximum Gasteiger partial charge on any atom is 0.421 e. The maximum absolute atomic E-state index is 12.0. The van der Waals surface area contributed by atoms with Gasteiger partial charge in [0.05, 0.1) is 4.75 Å². The molecule has 18 heavy (non-hydrogen) atoms. The van der Waals surface area contributed by atoms with E-state index in [9.17, 15) is 13.2 Å². The van der Waals surface area contributed by atoms with Crippen LogP contribution in [0.4, 0.5) is 4.79 Å². The van der Waals surface area contributed by atoms with E-state index in [2.05, 4.69) is 0 Å². The molecule has 0 bridgehead atoms. The van der Waals surface area contributed by atoms with Gasteiger partial charge in [0.15, 0.2) is 0 Å². The summed E-state index contributed by atoms with van der Waals surface area (Å²) in [5.41, 5.74) is -0.719. The first-order chi connectivity index (χ1) is 8.12. The standard InChI is InChI=1S/C11H21NO5S/c1-10(2,3)17-9(13)12-18(14,15)11(5-6-11)7-8-16-4/h5-8H2,1-4H3,(H,12,13). The molecule has 1 rings (SSSR count). The summed E-state index contributed by atoms with van der Waals surface area (Å²) in [7, 11) is -2.18. The van der Waals surface area contributed by atoms with Crippen LogP contribution in [0.5, 0.6) is 0 Å². The van der Waals surface area contributed by atoms with Crippen LogP contribution in [-0.4, -0.2) is 38.6 Å². The van der Waals surface area contributed by atoms with Gasteiger partial charge in [0.1, 0.15) is 5.60 Å². The second-order valence-electron chi connectivity index (χ2n) is 5.53. The Balaban J connectivity index is 2.63. The first-order valence-electron chi connectivity index (χ1n) is 5.86. The monoisotopic (exact) mass is 279 g/mol. The Morgan fingerprint density at radius 1 is 1.33 bits per heavy atom. The summed E-state index contributed by atoms with van der Waals surface area (Å²) in [5, 5.41) is 0. The Kier molecular flexibility index (Phi) is 4.27. The minimum atomic E-state index is -3.70. The van der Waals surface area contributed by atoms with E-state index in [4.69, 9.17) is 9.47 Å². The maximum atomic E-state index is 12.0. The second kappa shape index (κ2) is 5.05. The van der Waals surface area contributed by atoms with E-state index >= 15 is 0 Å². The summed E-state index contributed by atoms with van der Waals surface area (Å²) < 4.78 is 35.0. The van der Waals surface area contributed by atoms with E-state index in [0.29, 0.717) is 25.9 Å². The van der Waals surface area contributed by atoms with E-state index < -0.39 is 26.5 Å². The number of sulfonamides is 1. The zero-order chi connectivity index (χ0) is 14.0. The van der Waals surface area contributed by atoms with Crippen LogP contribution in [0.2, 0.25) is 0 Å². The molecule has 0 atom stereocenters. The lowest BCUT2D eigenvalue weighted by Gasteiger charge is -2.21. The van der Waals surface area contributed by atoms with E-state index in [1.807, 2.05) is 4.72 Å². The fourth-order valence-corrected chi connectivity index (χ4v) is 3.07. The van der Waals surface area contributed by atoms with Crippen molar-refractivity contribution in [3.63, 3.8) is 0 Å². The molecular formula is C11H21NO5S. The predicted molar refractivity (Wildman–Crippen MR) is 66.7 cm³/mol. The van der Waals surface area contributed by atoms with Crippen molar-refractivity contribution in [1.82, 2.24) is 4.72 Å². The normalized spacial score (nSPS) is 18.2. The van der Waals surface area contributed by atoms with Crippen molar-refractivity contribution < 1.29 is 22.7 Å². The Morgan fingerprint density at radius 3 is 2.28 bits per heavy atom. The Morgan fingerprint density at radius 2 is 1.89 bits per heavy atom. The Labute approximate surface area is 108 Å². The molecule has 0 spiro atoms. The van der Waals surface area contributed by atoms with Gasteiger partial charge < -0.3 is 9.47 Å². The van der Waals surface area contributed by atoms with Crippen molar-refractivity contribution in [2.75, 3.05) is 13.7 Å². The molecule has 1 aliphatic rings. The van der Waals surface area contributed by atoms with Crippen molar-refractivity contribution in [2.24, 2.45) is 0 Å². The summed E-state index contributed by atoms with van der Waals surface area (Å²) in [5.74, 6) is 0. The first kappa shape index (κ1) is 15.2. The number of methoxy groups -OCH3 is 1. The van der Waals surface area contributed by atoms with Crippen molar-refractivity contribution in [3.05, 3.63) is 0 Å². The number of nitrogens with one attached hydrogen (secondary N) is 1. The highest BCUT2D eigenvalue weighted by Crippen LogP contribution is 2.45. The Bertz CT molecular complexity index is 406. The summed E-state index contributed by atoms with van der Waals surface area (Å²) in [6, 6.07) is 0. The molecule has 0 unspecified atom stereocenters. The van der Waals surface area contributed by atoms with Crippen LogP contribution in [0.3, 0.4) is 0 Å². The molecule has 0 aromatic heterocycles. The predicted octanol–water partition coefficient (Wildman–Crippen LogP) is 1.41. The van der Waals surface area contributed by atoms with Crippen molar-refractivity contribution in [3.8, 4) is 0 Å². The molecule has 1 fully saturated rings. The third kappa shape index (κ3) is 3.84. The molecule has 0 aliphatic heterocycles. The molecule has 0 radical (unpaired) electrons. The van der Waals surface area contributed by atoms with Crippen LogP contribution < -0.4 is 4.72 Å². The van der Waals surface area contributed by atoms with Gasteiger partial charge in [0.2, 0.25) is 10.0 Å². The minimum absolute atomic E-state index is 0.356. The highest BCUT2D eigenvalue weighted by molar-refractivity contribution is 7.91. The van der Waals surface area contributed by atoms with Gasteiger partial charge in [-0.3, -0.25) is 0 Å². The van der Waals surface area contributed by atoms with Crippen molar-refractivity contribution in [1.29, 1.82) is 0 Å². The van der Waals surface area contributed by atoms with Crippen molar-refractivity contribution >= 4 is 16.1 Å². The van der Waals surface area contributed by atoms with Gasteiger partial charge in [0.25, 0.3) is 0 Å². The van der Waals surface area contributed by atoms with Crippen LogP contribution >= 0.6 is 0 Å². The number of ether oxygens (including phenoxy) is 2. The quantitative estimate of drug-likeness (QED) is 0.823. The lowest BCUT2D eigenvalue weighted by molar-refractivity contribution is 0.0569. The number of carbonyl (C=O) groups excluding carboxylic acids is 1. The largest absolute Gasteiger partial charge is 0.443 e. The average Bonchev–Trinajstić information content (AvgIpc) is 2.91. The number of rotatable bonds is 5. The molecule has 0 aromatic carbocycles. The van der Waals surface area contributed by atoms with Gasteiger partial charge in [-0.25, -0.2) is 17.9 Å². The molecule has 1 amide bonds. The zero-order valence-corrected chi connectivity index (χ0v) is 12.1. The molecule has 1 aliphatic carbocycles. The first-order valence-corrected chi connectivity index (χ1v) is 7.34. The van der Waals surface area contributed by atoms with Crippen LogP contribution in [0.25, 0.3) is 0 Å². The van der Waals surface area contributed by atoms with Crippen LogP contribution in [0.15, 0.2) is 0 Å². The number of carbonyl (C=O) groups is 1. The molecule has 0 heterocycles. The van der Waals surface area contributed by atoms with Gasteiger partial charge in [-0.05, 0) is 40.0 Å². The summed E-state index contributed by atoms with van der Waals surface area (Å²) >= 11 is 0. The fourth-order valence-electron chi connectivity index (χ4n) is 1.60. The molecule has 7 heteroatoms. The average molecular weight is 279 g/mol. The Hall–Kier alpha value is -0.820. The van der Waals surface area contributed by atoms with Crippen molar-refractivity contribution in [2.45, 2.75) is 50.4 Å². The highest BCUT2D eigenvalue weighted by Gasteiger charge is 2.55. The molecular weight excluding hydrogens is 258 g/mol. The van der Waals surface area contributed by atoms with Crippen LogP contribution in [0, 0.1) is 0 Å². The third-order valence-electron chi connectivity index (χ3n) is 2.76. The summed E-state index contributed by atoms with van der Waals surface area (Å²) in [6.45, 7) is 5.39. The summed E-state index contributed by atoms with van der Waals surface area (Å²) in [4.78, 5) is 11.5. The van der Waals surface area contributed by atoms with Gasteiger partial charge in [-0.15, -0.1) is 0 Å². The lowest BCUT2D eigenvalue weighted by atomic mass is 10.2. The molecule has 0 saturated heterocycles. The third-order valence-corrected chi connectivity index (χ3v) is 4.94. The number of hydrogen-bond donors (Lipinski definition) is 1. The molecule has 6 nitrogen and oxygen atoms in total. The van der Waals surface area contributed by atoms with Crippen LogP contribution in [-0.2, 0) is 19.5 Å².